The molecule has 0 aliphatic carbocycles. The summed E-state index contributed by atoms with van der Waals surface area (Å²) in [5.74, 6) is 1.91. The highest BCUT2D eigenvalue weighted by molar-refractivity contribution is 7.99. The average Bonchev–Trinajstić information content (AvgIpc) is 3.04. The fourth-order valence-corrected chi connectivity index (χ4v) is 5.75. The van der Waals surface area contributed by atoms with Crippen LogP contribution in [0.2, 0.25) is 0 Å². The van der Waals surface area contributed by atoms with Crippen LogP contribution in [0.4, 0.5) is 0 Å². The predicted molar refractivity (Wildman–Crippen MR) is 86.3 cm³/mol. The van der Waals surface area contributed by atoms with Gasteiger partial charge in [-0.05, 0) is 33.1 Å². The lowest BCUT2D eigenvalue weighted by Gasteiger charge is -2.23. The summed E-state index contributed by atoms with van der Waals surface area (Å²) in [7, 11) is 0.0884. The molecule has 1 aromatic heterocycles. The standard InChI is InChI=1S/C13H24N4O2S2/c1-10-13(11(2)17(15-10)7-6-14-3)21(18,19)16(4)12-5-8-20-9-12/h12,14H,5-9H2,1-4H3. The van der Waals surface area contributed by atoms with Gasteiger partial charge in [0.15, 0.2) is 0 Å². The van der Waals surface area contributed by atoms with Gasteiger partial charge in [-0.1, -0.05) is 0 Å². The molecule has 6 nitrogen and oxygen atoms in total. The molecule has 1 atom stereocenters. The Kier molecular flexibility index (Phi) is 5.34. The van der Waals surface area contributed by atoms with E-state index in [4.69, 9.17) is 0 Å². The second-order valence-corrected chi connectivity index (χ2v) is 8.45. The lowest BCUT2D eigenvalue weighted by atomic mass is 10.3. The van der Waals surface area contributed by atoms with E-state index >= 15 is 0 Å². The Morgan fingerprint density at radius 2 is 2.19 bits per heavy atom. The van der Waals surface area contributed by atoms with Crippen LogP contribution >= 0.6 is 11.8 Å². The van der Waals surface area contributed by atoms with Crippen molar-refractivity contribution in [2.24, 2.45) is 0 Å². The number of rotatable bonds is 6. The third-order valence-corrected chi connectivity index (χ3v) is 7.25. The summed E-state index contributed by atoms with van der Waals surface area (Å²) in [6, 6.07) is 0.0967. The Bertz CT molecular complexity index is 592. The maximum Gasteiger partial charge on any atom is 0.246 e. The molecule has 0 saturated carbocycles. The molecule has 1 saturated heterocycles. The largest absolute Gasteiger partial charge is 0.318 e. The first-order valence-corrected chi connectivity index (χ1v) is 9.73. The molecule has 0 radical (unpaired) electrons. The van der Waals surface area contributed by atoms with Crippen LogP contribution in [0.1, 0.15) is 17.8 Å². The van der Waals surface area contributed by atoms with Gasteiger partial charge in [-0.15, -0.1) is 0 Å². The first-order valence-electron chi connectivity index (χ1n) is 7.14. The zero-order valence-corrected chi connectivity index (χ0v) is 14.7. The lowest BCUT2D eigenvalue weighted by molar-refractivity contribution is 0.394. The van der Waals surface area contributed by atoms with Gasteiger partial charge < -0.3 is 5.32 Å². The number of thioether (sulfide) groups is 1. The zero-order valence-electron chi connectivity index (χ0n) is 13.1. The lowest BCUT2D eigenvalue weighted by Crippen LogP contribution is -2.37. The smallest absolute Gasteiger partial charge is 0.246 e. The SMILES string of the molecule is CNCCn1nc(C)c(S(=O)(=O)N(C)C2CCSC2)c1C. The minimum Gasteiger partial charge on any atom is -0.318 e. The zero-order chi connectivity index (χ0) is 15.6. The van der Waals surface area contributed by atoms with Crippen molar-refractivity contribution in [1.82, 2.24) is 19.4 Å². The van der Waals surface area contributed by atoms with Crippen molar-refractivity contribution in [2.75, 3.05) is 32.1 Å². The normalized spacial score (nSPS) is 19.6. The molecule has 0 amide bonds. The van der Waals surface area contributed by atoms with E-state index in [-0.39, 0.29) is 6.04 Å². The van der Waals surface area contributed by atoms with Crippen molar-refractivity contribution < 1.29 is 8.42 Å². The van der Waals surface area contributed by atoms with Gasteiger partial charge in [0.1, 0.15) is 4.90 Å². The molecular weight excluding hydrogens is 308 g/mol. The minimum atomic E-state index is -3.47. The molecule has 0 spiro atoms. The molecule has 0 bridgehead atoms. The van der Waals surface area contributed by atoms with E-state index in [0.29, 0.717) is 17.1 Å². The van der Waals surface area contributed by atoms with Crippen LogP contribution in [0, 0.1) is 13.8 Å². The van der Waals surface area contributed by atoms with Gasteiger partial charge in [0, 0.05) is 25.4 Å². The molecule has 1 unspecified atom stereocenters. The van der Waals surface area contributed by atoms with Crippen LogP contribution in [0.25, 0.3) is 0 Å². The molecule has 1 aromatic rings. The Morgan fingerprint density at radius 3 is 2.76 bits per heavy atom. The topological polar surface area (TPSA) is 67.2 Å². The third kappa shape index (κ3) is 3.28. The Labute approximate surface area is 131 Å². The molecule has 1 fully saturated rings. The monoisotopic (exact) mass is 332 g/mol. The summed E-state index contributed by atoms with van der Waals surface area (Å²) in [5, 5.41) is 7.44. The number of nitrogens with zero attached hydrogens (tertiary/aromatic N) is 3. The van der Waals surface area contributed by atoms with E-state index in [0.717, 1.165) is 30.2 Å². The second-order valence-electron chi connectivity index (χ2n) is 5.37. The molecule has 1 aliphatic heterocycles. The van der Waals surface area contributed by atoms with Crippen LogP contribution in [0.5, 0.6) is 0 Å². The van der Waals surface area contributed by atoms with Gasteiger partial charge in [-0.25, -0.2) is 8.42 Å². The number of hydrogen-bond donors (Lipinski definition) is 1. The number of hydrogen-bond acceptors (Lipinski definition) is 5. The maximum absolute atomic E-state index is 12.9. The summed E-state index contributed by atoms with van der Waals surface area (Å²) in [5.41, 5.74) is 1.31. The maximum atomic E-state index is 12.9. The fraction of sp³-hybridized carbons (Fsp3) is 0.769. The van der Waals surface area contributed by atoms with Crippen LogP contribution in [0.3, 0.4) is 0 Å². The average molecular weight is 332 g/mol. The molecule has 2 rings (SSSR count). The molecule has 1 N–H and O–H groups in total. The number of aryl methyl sites for hydroxylation is 1. The van der Waals surface area contributed by atoms with Crippen molar-refractivity contribution in [3.63, 3.8) is 0 Å². The van der Waals surface area contributed by atoms with E-state index < -0.39 is 10.0 Å². The molecule has 120 valence electrons. The summed E-state index contributed by atoms with van der Waals surface area (Å²) in [4.78, 5) is 0.373. The van der Waals surface area contributed by atoms with Gasteiger partial charge in [0.05, 0.1) is 17.9 Å². The second kappa shape index (κ2) is 6.68. The van der Waals surface area contributed by atoms with Crippen molar-refractivity contribution in [1.29, 1.82) is 0 Å². The molecule has 1 aliphatic rings. The Balaban J connectivity index is 2.33. The number of likely N-dealkylation sites (N-methyl/N-ethyl adjacent to an activating group) is 1. The predicted octanol–water partition coefficient (Wildman–Crippen LogP) is 0.845. The van der Waals surface area contributed by atoms with E-state index in [1.807, 2.05) is 25.7 Å². The van der Waals surface area contributed by atoms with Crippen molar-refractivity contribution >= 4 is 21.8 Å². The summed E-state index contributed by atoms with van der Waals surface area (Å²) < 4.78 is 29.1. The van der Waals surface area contributed by atoms with Crippen molar-refractivity contribution in [3.05, 3.63) is 11.4 Å². The van der Waals surface area contributed by atoms with E-state index in [1.165, 1.54) is 4.31 Å². The van der Waals surface area contributed by atoms with E-state index in [9.17, 15) is 8.42 Å². The van der Waals surface area contributed by atoms with Gasteiger partial charge in [0.2, 0.25) is 10.0 Å². The van der Waals surface area contributed by atoms with Crippen LogP contribution in [-0.2, 0) is 16.6 Å². The van der Waals surface area contributed by atoms with Crippen molar-refractivity contribution in [2.45, 2.75) is 37.8 Å². The first-order chi connectivity index (χ1) is 9.89. The molecule has 0 aromatic carbocycles. The fourth-order valence-electron chi connectivity index (χ4n) is 2.64. The molecule has 21 heavy (non-hydrogen) atoms. The van der Waals surface area contributed by atoms with E-state index in [1.54, 1.807) is 18.7 Å². The van der Waals surface area contributed by atoms with Crippen molar-refractivity contribution in [3.8, 4) is 0 Å². The summed E-state index contributed by atoms with van der Waals surface area (Å²) in [6.07, 6.45) is 0.923. The summed E-state index contributed by atoms with van der Waals surface area (Å²) in [6.45, 7) is 5.03. The number of nitrogens with one attached hydrogen (secondary N) is 1. The van der Waals surface area contributed by atoms with Crippen LogP contribution in [0.15, 0.2) is 4.90 Å². The Morgan fingerprint density at radius 1 is 1.48 bits per heavy atom. The quantitative estimate of drug-likeness (QED) is 0.836. The van der Waals surface area contributed by atoms with Crippen LogP contribution in [-0.4, -0.2) is 60.7 Å². The highest BCUT2D eigenvalue weighted by Crippen LogP contribution is 2.29. The number of aromatic nitrogens is 2. The highest BCUT2D eigenvalue weighted by atomic mass is 32.2. The van der Waals surface area contributed by atoms with Gasteiger partial charge in [-0.2, -0.15) is 21.2 Å². The van der Waals surface area contributed by atoms with E-state index in [2.05, 4.69) is 10.4 Å². The van der Waals surface area contributed by atoms with Gasteiger partial charge >= 0.3 is 0 Å². The van der Waals surface area contributed by atoms with Gasteiger partial charge in [0.25, 0.3) is 0 Å². The first kappa shape index (κ1) is 16.8. The third-order valence-electron chi connectivity index (χ3n) is 3.95. The molecule has 2 heterocycles. The molecular formula is C13H24N4O2S2. The highest BCUT2D eigenvalue weighted by Gasteiger charge is 2.34. The Hall–Kier alpha value is -0.570. The molecule has 8 heteroatoms. The van der Waals surface area contributed by atoms with Gasteiger partial charge in [-0.3, -0.25) is 4.68 Å². The summed E-state index contributed by atoms with van der Waals surface area (Å²) >= 11 is 1.81. The van der Waals surface area contributed by atoms with Crippen LogP contribution < -0.4 is 5.32 Å². The minimum absolute atomic E-state index is 0.0967. The number of sulfonamides is 1.